The fourth-order valence-electron chi connectivity index (χ4n) is 2.91. The number of rotatable bonds is 2. The Balaban J connectivity index is 1.97. The Labute approximate surface area is 134 Å². The topological polar surface area (TPSA) is 29.5 Å². The second-order valence-corrected chi connectivity index (χ2v) is 6.29. The average Bonchev–Trinajstić information content (AvgIpc) is 2.49. The number of fused-ring (bicyclic) bond motifs is 1. The van der Waals surface area contributed by atoms with E-state index in [0.29, 0.717) is 22.9 Å². The van der Waals surface area contributed by atoms with E-state index in [0.717, 1.165) is 23.3 Å². The van der Waals surface area contributed by atoms with Crippen molar-refractivity contribution in [3.63, 3.8) is 0 Å². The van der Waals surface area contributed by atoms with Gasteiger partial charge in [0.15, 0.2) is 0 Å². The molecule has 110 valence electrons. The van der Waals surface area contributed by atoms with Crippen LogP contribution in [0.15, 0.2) is 36.4 Å². The quantitative estimate of drug-likeness (QED) is 0.889. The van der Waals surface area contributed by atoms with Crippen LogP contribution < -0.4 is 4.74 Å². The van der Waals surface area contributed by atoms with E-state index < -0.39 is 5.60 Å². The van der Waals surface area contributed by atoms with Gasteiger partial charge in [-0.3, -0.25) is 0 Å². The highest BCUT2D eigenvalue weighted by molar-refractivity contribution is 6.42. The molecule has 1 unspecified atom stereocenters. The van der Waals surface area contributed by atoms with Gasteiger partial charge in [-0.15, -0.1) is 0 Å². The molecule has 2 aromatic rings. The van der Waals surface area contributed by atoms with Crippen molar-refractivity contribution in [1.82, 2.24) is 0 Å². The molecule has 0 fully saturated rings. The highest BCUT2D eigenvalue weighted by Crippen LogP contribution is 2.39. The summed E-state index contributed by atoms with van der Waals surface area (Å²) in [5.41, 5.74) is 2.29. The summed E-state index contributed by atoms with van der Waals surface area (Å²) in [4.78, 5) is 0. The minimum absolute atomic E-state index is 0.471. The molecule has 0 spiro atoms. The maximum atomic E-state index is 11.0. The van der Waals surface area contributed by atoms with E-state index in [2.05, 4.69) is 6.07 Å². The Hall–Kier alpha value is -1.22. The Morgan fingerprint density at radius 3 is 2.57 bits per heavy atom. The van der Waals surface area contributed by atoms with Gasteiger partial charge in [0.25, 0.3) is 0 Å². The first kappa shape index (κ1) is 14.7. The lowest BCUT2D eigenvalue weighted by molar-refractivity contribution is 0.0222. The smallest absolute Gasteiger partial charge is 0.119 e. The van der Waals surface area contributed by atoms with Crippen LogP contribution in [0, 0.1) is 0 Å². The molecule has 0 saturated heterocycles. The summed E-state index contributed by atoms with van der Waals surface area (Å²) >= 11 is 12.0. The molecule has 0 aliphatic heterocycles. The van der Waals surface area contributed by atoms with E-state index in [-0.39, 0.29) is 0 Å². The van der Waals surface area contributed by atoms with E-state index in [1.54, 1.807) is 19.2 Å². The summed E-state index contributed by atoms with van der Waals surface area (Å²) in [5.74, 6) is 0.812. The number of methoxy groups -OCH3 is 1. The molecule has 3 rings (SSSR count). The van der Waals surface area contributed by atoms with E-state index in [4.69, 9.17) is 27.9 Å². The lowest BCUT2D eigenvalue weighted by Gasteiger charge is -2.34. The van der Waals surface area contributed by atoms with E-state index >= 15 is 0 Å². The molecule has 0 amide bonds. The minimum atomic E-state index is -0.909. The summed E-state index contributed by atoms with van der Waals surface area (Å²) < 4.78 is 5.27. The normalized spacial score (nSPS) is 21.0. The first-order chi connectivity index (χ1) is 10.0. The van der Waals surface area contributed by atoms with E-state index in [9.17, 15) is 5.11 Å². The number of aliphatic hydroxyl groups is 1. The molecular weight excluding hydrogens is 307 g/mol. The standard InChI is InChI=1S/C17H16Cl2O2/c1-21-14-4-2-11-6-7-17(20,10-12(11)8-14)13-3-5-15(18)16(19)9-13/h2-5,8-9,20H,6-7,10H2,1H3. The zero-order valence-corrected chi connectivity index (χ0v) is 13.2. The molecule has 2 nitrogen and oxygen atoms in total. The second kappa shape index (κ2) is 5.53. The van der Waals surface area contributed by atoms with Crippen LogP contribution in [0.4, 0.5) is 0 Å². The van der Waals surface area contributed by atoms with Gasteiger partial charge >= 0.3 is 0 Å². The van der Waals surface area contributed by atoms with Crippen molar-refractivity contribution in [1.29, 1.82) is 0 Å². The van der Waals surface area contributed by atoms with Gasteiger partial charge in [-0.1, -0.05) is 35.3 Å². The molecule has 0 bridgehead atoms. The molecule has 1 aliphatic rings. The summed E-state index contributed by atoms with van der Waals surface area (Å²) in [6.07, 6.45) is 2.05. The molecule has 0 aromatic heterocycles. The Bertz CT molecular complexity index is 684. The zero-order chi connectivity index (χ0) is 15.0. The van der Waals surface area contributed by atoms with Crippen molar-refractivity contribution in [2.24, 2.45) is 0 Å². The summed E-state index contributed by atoms with van der Waals surface area (Å²) in [5, 5.41) is 12.0. The average molecular weight is 323 g/mol. The lowest BCUT2D eigenvalue weighted by atomic mass is 9.76. The summed E-state index contributed by atoms with van der Waals surface area (Å²) in [6.45, 7) is 0. The minimum Gasteiger partial charge on any atom is -0.497 e. The maximum Gasteiger partial charge on any atom is 0.119 e. The Morgan fingerprint density at radius 1 is 1.05 bits per heavy atom. The SMILES string of the molecule is COc1ccc2c(c1)CC(O)(c1ccc(Cl)c(Cl)c1)CC2. The van der Waals surface area contributed by atoms with Crippen LogP contribution in [-0.4, -0.2) is 12.2 Å². The van der Waals surface area contributed by atoms with Crippen molar-refractivity contribution in [3.8, 4) is 5.75 Å². The van der Waals surface area contributed by atoms with Gasteiger partial charge in [-0.05, 0) is 53.8 Å². The van der Waals surface area contributed by atoms with Gasteiger partial charge in [-0.25, -0.2) is 0 Å². The van der Waals surface area contributed by atoms with Gasteiger partial charge in [0.05, 0.1) is 22.8 Å². The third kappa shape index (κ3) is 2.76. The first-order valence-corrected chi connectivity index (χ1v) is 7.61. The van der Waals surface area contributed by atoms with Crippen molar-refractivity contribution in [2.45, 2.75) is 24.9 Å². The van der Waals surface area contributed by atoms with Crippen LogP contribution in [0.5, 0.6) is 5.75 Å². The van der Waals surface area contributed by atoms with Crippen LogP contribution in [0.25, 0.3) is 0 Å². The zero-order valence-electron chi connectivity index (χ0n) is 11.7. The van der Waals surface area contributed by atoms with Crippen molar-refractivity contribution in [3.05, 3.63) is 63.1 Å². The molecule has 1 aliphatic carbocycles. The number of halogens is 2. The third-order valence-electron chi connectivity index (χ3n) is 4.16. The predicted molar refractivity (Wildman–Crippen MR) is 85.4 cm³/mol. The Kier molecular flexibility index (Phi) is 3.87. The van der Waals surface area contributed by atoms with Crippen molar-refractivity contribution < 1.29 is 9.84 Å². The summed E-state index contributed by atoms with van der Waals surface area (Å²) in [6, 6.07) is 11.4. The third-order valence-corrected chi connectivity index (χ3v) is 4.90. The molecule has 1 atom stereocenters. The summed E-state index contributed by atoms with van der Waals surface area (Å²) in [7, 11) is 1.65. The second-order valence-electron chi connectivity index (χ2n) is 5.47. The van der Waals surface area contributed by atoms with Gasteiger partial charge < -0.3 is 9.84 Å². The lowest BCUT2D eigenvalue weighted by Crippen LogP contribution is -2.33. The molecule has 4 heteroatoms. The van der Waals surface area contributed by atoms with Crippen LogP contribution in [-0.2, 0) is 18.4 Å². The molecule has 0 saturated carbocycles. The van der Waals surface area contributed by atoms with E-state index in [1.165, 1.54) is 5.56 Å². The fourth-order valence-corrected chi connectivity index (χ4v) is 3.21. The molecule has 2 aromatic carbocycles. The number of aryl methyl sites for hydroxylation is 1. The van der Waals surface area contributed by atoms with Crippen LogP contribution in [0.3, 0.4) is 0 Å². The maximum absolute atomic E-state index is 11.0. The van der Waals surface area contributed by atoms with Crippen molar-refractivity contribution in [2.75, 3.05) is 7.11 Å². The molecule has 1 N–H and O–H groups in total. The van der Waals surface area contributed by atoms with Crippen molar-refractivity contribution >= 4 is 23.2 Å². The van der Waals surface area contributed by atoms with Crippen LogP contribution in [0.2, 0.25) is 10.0 Å². The van der Waals surface area contributed by atoms with Gasteiger partial charge in [0.2, 0.25) is 0 Å². The number of benzene rings is 2. The van der Waals surface area contributed by atoms with E-state index in [1.807, 2.05) is 18.2 Å². The highest BCUT2D eigenvalue weighted by atomic mass is 35.5. The molecular formula is C17H16Cl2O2. The monoisotopic (exact) mass is 322 g/mol. The highest BCUT2D eigenvalue weighted by Gasteiger charge is 2.34. The van der Waals surface area contributed by atoms with Crippen LogP contribution >= 0.6 is 23.2 Å². The largest absolute Gasteiger partial charge is 0.497 e. The number of hydrogen-bond acceptors (Lipinski definition) is 2. The van der Waals surface area contributed by atoms with Gasteiger partial charge in [0.1, 0.15) is 5.75 Å². The number of ether oxygens (including phenoxy) is 1. The number of hydrogen-bond donors (Lipinski definition) is 1. The molecule has 0 radical (unpaired) electrons. The first-order valence-electron chi connectivity index (χ1n) is 6.85. The predicted octanol–water partition coefficient (Wildman–Crippen LogP) is 4.38. The van der Waals surface area contributed by atoms with Gasteiger partial charge in [-0.2, -0.15) is 0 Å². The van der Waals surface area contributed by atoms with Gasteiger partial charge in [0, 0.05) is 6.42 Å². The van der Waals surface area contributed by atoms with Crippen LogP contribution in [0.1, 0.15) is 23.1 Å². The molecule has 21 heavy (non-hydrogen) atoms. The molecule has 0 heterocycles. The Morgan fingerprint density at radius 2 is 1.86 bits per heavy atom. The fraction of sp³-hybridized carbons (Fsp3) is 0.294.